The lowest BCUT2D eigenvalue weighted by Gasteiger charge is -2.02. The first kappa shape index (κ1) is 10.4. The van der Waals surface area contributed by atoms with Crippen LogP contribution in [-0.4, -0.2) is 14.5 Å². The van der Waals surface area contributed by atoms with Crippen molar-refractivity contribution in [1.82, 2.24) is 14.5 Å². The predicted molar refractivity (Wildman–Crippen MR) is 62.5 cm³/mol. The van der Waals surface area contributed by atoms with Gasteiger partial charge in [-0.05, 0) is 25.5 Å². The summed E-state index contributed by atoms with van der Waals surface area (Å²) in [5.74, 6) is 0. The smallest absolute Gasteiger partial charge is 0.168 e. The molecule has 0 saturated carbocycles. The largest absolute Gasteiger partial charge is 0.334 e. The average molecular weight is 212 g/mol. The molecule has 0 unspecified atom stereocenters. The van der Waals surface area contributed by atoms with E-state index in [0.29, 0.717) is 11.2 Å². The number of nitrogens with zero attached hydrogens (tertiary/aromatic N) is 4. The number of hydrogen-bond donors (Lipinski definition) is 0. The zero-order valence-electron chi connectivity index (χ0n) is 9.52. The minimum atomic E-state index is 0.384. The maximum Gasteiger partial charge on any atom is 0.168 e. The Bertz CT molecular complexity index is 614. The summed E-state index contributed by atoms with van der Waals surface area (Å²) < 4.78 is 1.89. The van der Waals surface area contributed by atoms with Crippen molar-refractivity contribution in [1.29, 1.82) is 5.26 Å². The van der Waals surface area contributed by atoms with Gasteiger partial charge < -0.3 is 4.57 Å². The summed E-state index contributed by atoms with van der Waals surface area (Å²) in [5, 5.41) is 9.04. The molecule has 2 rings (SSSR count). The molecule has 0 spiro atoms. The summed E-state index contributed by atoms with van der Waals surface area (Å²) in [7, 11) is 1.91. The fourth-order valence-corrected chi connectivity index (χ4v) is 1.56. The van der Waals surface area contributed by atoms with E-state index in [9.17, 15) is 0 Å². The van der Waals surface area contributed by atoms with Gasteiger partial charge >= 0.3 is 0 Å². The lowest BCUT2D eigenvalue weighted by atomic mass is 10.1. The molecule has 2 aromatic heterocycles. The highest BCUT2D eigenvalue weighted by Gasteiger charge is 2.10. The number of aromatic nitrogens is 3. The third-order valence-electron chi connectivity index (χ3n) is 2.66. The molecule has 16 heavy (non-hydrogen) atoms. The quantitative estimate of drug-likeness (QED) is 0.728. The highest BCUT2D eigenvalue weighted by atomic mass is 15.0. The van der Waals surface area contributed by atoms with Crippen LogP contribution in [0.1, 0.15) is 25.2 Å². The van der Waals surface area contributed by atoms with Gasteiger partial charge in [-0.3, -0.25) is 0 Å². The molecular formula is C12H12N4. The molecule has 0 N–H and O–H groups in total. The second-order valence-electron chi connectivity index (χ2n) is 3.66. The van der Waals surface area contributed by atoms with Crippen LogP contribution in [0.15, 0.2) is 18.5 Å². The summed E-state index contributed by atoms with van der Waals surface area (Å²) in [6, 6.07) is 4.05. The Balaban J connectivity index is 2.82. The Morgan fingerprint density at radius 1 is 1.56 bits per heavy atom. The summed E-state index contributed by atoms with van der Waals surface area (Å²) in [6.07, 6.45) is 3.67. The van der Waals surface area contributed by atoms with Gasteiger partial charge in [0.15, 0.2) is 5.69 Å². The molecule has 0 aromatic carbocycles. The second-order valence-corrected chi connectivity index (χ2v) is 3.66. The van der Waals surface area contributed by atoms with E-state index in [1.807, 2.05) is 37.6 Å². The van der Waals surface area contributed by atoms with E-state index in [2.05, 4.69) is 16.0 Å². The minimum Gasteiger partial charge on any atom is -0.334 e. The van der Waals surface area contributed by atoms with Gasteiger partial charge in [-0.1, -0.05) is 6.08 Å². The lowest BCUT2D eigenvalue weighted by molar-refractivity contribution is 0.947. The number of allylic oxidation sites excluding steroid dienone is 2. The molecule has 0 aliphatic carbocycles. The van der Waals surface area contributed by atoms with Crippen LogP contribution >= 0.6 is 0 Å². The molecule has 0 aliphatic heterocycles. The molecule has 0 amide bonds. The van der Waals surface area contributed by atoms with Crippen LogP contribution in [0.5, 0.6) is 0 Å². The molecule has 2 heterocycles. The first-order valence-corrected chi connectivity index (χ1v) is 5.03. The summed E-state index contributed by atoms with van der Waals surface area (Å²) in [5.41, 5.74) is 3.87. The van der Waals surface area contributed by atoms with E-state index < -0.39 is 0 Å². The van der Waals surface area contributed by atoms with Crippen LogP contribution in [0.3, 0.4) is 0 Å². The topological polar surface area (TPSA) is 54.5 Å². The first-order chi connectivity index (χ1) is 7.67. The van der Waals surface area contributed by atoms with Crippen molar-refractivity contribution in [3.63, 3.8) is 0 Å². The van der Waals surface area contributed by atoms with Crippen LogP contribution < -0.4 is 0 Å². The van der Waals surface area contributed by atoms with E-state index >= 15 is 0 Å². The highest BCUT2D eigenvalue weighted by Crippen LogP contribution is 2.20. The van der Waals surface area contributed by atoms with Crippen LogP contribution in [-0.2, 0) is 7.05 Å². The van der Waals surface area contributed by atoms with E-state index in [0.717, 1.165) is 16.8 Å². The number of fused-ring (bicyclic) bond motifs is 1. The minimum absolute atomic E-state index is 0.384. The number of imidazole rings is 1. The average Bonchev–Trinajstić information content (AvgIpc) is 2.69. The molecule has 80 valence electrons. The van der Waals surface area contributed by atoms with Gasteiger partial charge in [0.25, 0.3) is 0 Å². The van der Waals surface area contributed by atoms with Crippen molar-refractivity contribution >= 4 is 16.6 Å². The zero-order valence-corrected chi connectivity index (χ0v) is 9.52. The van der Waals surface area contributed by atoms with Crippen LogP contribution in [0.4, 0.5) is 0 Å². The fraction of sp³-hybridized carbons (Fsp3) is 0.250. The van der Waals surface area contributed by atoms with Crippen molar-refractivity contribution in [3.8, 4) is 6.07 Å². The number of nitriles is 1. The predicted octanol–water partition coefficient (Wildman–Crippen LogP) is 2.26. The van der Waals surface area contributed by atoms with Gasteiger partial charge in [0.1, 0.15) is 11.6 Å². The molecular weight excluding hydrogens is 200 g/mol. The molecule has 0 fully saturated rings. The third kappa shape index (κ3) is 1.47. The summed E-state index contributed by atoms with van der Waals surface area (Å²) in [4.78, 5) is 8.47. The Morgan fingerprint density at radius 3 is 2.94 bits per heavy atom. The monoisotopic (exact) mass is 212 g/mol. The number of hydrogen-bond acceptors (Lipinski definition) is 3. The Labute approximate surface area is 93.9 Å². The third-order valence-corrected chi connectivity index (χ3v) is 2.66. The number of aryl methyl sites for hydroxylation is 1. The maximum absolute atomic E-state index is 9.04. The molecule has 0 aliphatic rings. The van der Waals surface area contributed by atoms with Gasteiger partial charge in [-0.25, -0.2) is 9.97 Å². The van der Waals surface area contributed by atoms with Crippen molar-refractivity contribution in [3.05, 3.63) is 29.9 Å². The SMILES string of the molecule is CC=C(C)c1cc2c(ncn2C)c(C#N)n1. The second kappa shape index (κ2) is 3.78. The molecule has 0 atom stereocenters. The standard InChI is InChI=1S/C12H12N4/c1-4-8(2)9-5-11-12(10(6-13)15-9)14-7-16(11)3/h4-5,7H,1-3H3. The van der Waals surface area contributed by atoms with E-state index in [-0.39, 0.29) is 0 Å². The number of pyridine rings is 1. The Kier molecular flexibility index (Phi) is 2.45. The molecule has 0 saturated heterocycles. The van der Waals surface area contributed by atoms with Gasteiger partial charge in [0.2, 0.25) is 0 Å². The Hall–Kier alpha value is -2.15. The summed E-state index contributed by atoms with van der Waals surface area (Å²) >= 11 is 0. The molecule has 0 radical (unpaired) electrons. The van der Waals surface area contributed by atoms with E-state index in [4.69, 9.17) is 5.26 Å². The summed E-state index contributed by atoms with van der Waals surface area (Å²) in [6.45, 7) is 3.93. The van der Waals surface area contributed by atoms with Gasteiger partial charge in [-0.2, -0.15) is 5.26 Å². The Morgan fingerprint density at radius 2 is 2.31 bits per heavy atom. The zero-order chi connectivity index (χ0) is 11.7. The van der Waals surface area contributed by atoms with Crippen molar-refractivity contribution in [2.75, 3.05) is 0 Å². The normalized spacial score (nSPS) is 11.8. The molecule has 4 nitrogen and oxygen atoms in total. The molecule has 0 bridgehead atoms. The van der Waals surface area contributed by atoms with Crippen LogP contribution in [0, 0.1) is 11.3 Å². The highest BCUT2D eigenvalue weighted by molar-refractivity contribution is 5.83. The van der Waals surface area contributed by atoms with Crippen LogP contribution in [0.2, 0.25) is 0 Å². The van der Waals surface area contributed by atoms with Gasteiger partial charge in [-0.15, -0.1) is 0 Å². The van der Waals surface area contributed by atoms with Crippen molar-refractivity contribution < 1.29 is 0 Å². The lowest BCUT2D eigenvalue weighted by Crippen LogP contribution is -1.94. The van der Waals surface area contributed by atoms with Gasteiger partial charge in [0.05, 0.1) is 17.5 Å². The first-order valence-electron chi connectivity index (χ1n) is 5.03. The molecule has 4 heteroatoms. The fourth-order valence-electron chi connectivity index (χ4n) is 1.56. The van der Waals surface area contributed by atoms with E-state index in [1.165, 1.54) is 0 Å². The maximum atomic E-state index is 9.04. The van der Waals surface area contributed by atoms with Gasteiger partial charge in [0, 0.05) is 7.05 Å². The van der Waals surface area contributed by atoms with Crippen LogP contribution in [0.25, 0.3) is 16.6 Å². The molecule has 2 aromatic rings. The number of rotatable bonds is 1. The van der Waals surface area contributed by atoms with E-state index in [1.54, 1.807) is 6.33 Å². The van der Waals surface area contributed by atoms with Crippen molar-refractivity contribution in [2.24, 2.45) is 7.05 Å². The van der Waals surface area contributed by atoms with Crippen molar-refractivity contribution in [2.45, 2.75) is 13.8 Å².